The first-order valence-electron chi connectivity index (χ1n) is 7.95. The van der Waals surface area contributed by atoms with Crippen molar-refractivity contribution in [1.82, 2.24) is 0 Å². The molecule has 10 heteroatoms. The molecule has 0 heterocycles. The number of benzene rings is 2. The Morgan fingerprint density at radius 3 is 2.43 bits per heavy atom. The van der Waals surface area contributed by atoms with E-state index in [1.165, 1.54) is 56.5 Å². The van der Waals surface area contributed by atoms with E-state index in [1.54, 1.807) is 0 Å². The van der Waals surface area contributed by atoms with Gasteiger partial charge >= 0.3 is 5.97 Å². The number of hydrogen-bond donors (Lipinski definition) is 5. The number of hydrogen-bond acceptors (Lipinski definition) is 7. The number of rotatable bonds is 7. The molecule has 2 aromatic rings. The second-order valence-electron chi connectivity index (χ2n) is 5.66. The molecule has 0 saturated carbocycles. The summed E-state index contributed by atoms with van der Waals surface area (Å²) < 4.78 is 18.1. The lowest BCUT2D eigenvalue weighted by molar-refractivity contribution is -1.20. The number of ether oxygens (including phenoxy) is 1. The number of methoxy groups -OCH3 is 1. The van der Waals surface area contributed by atoms with Crippen LogP contribution in [-0.4, -0.2) is 39.2 Å². The normalized spacial score (nSPS) is 12.6. The number of quaternary nitrogens is 1. The Hall–Kier alpha value is -3.47. The monoisotopic (exact) mass is 391 g/mol. The number of nitrogens with two attached hydrogens (primary N) is 1. The standard InChI is InChI=1S/C18H19FN4O5/c1-11(21-14-6-4-13(19)5-7-14)16(10-20)23(26,27)22-15-8-3-12(18(24)25)9-17(15)28-2/h3-10,22,26-27H,1-2H3,(H2-,20,21,24,25)/p+1. The first kappa shape index (κ1) is 20.8. The molecule has 0 atom stereocenters. The second-order valence-corrected chi connectivity index (χ2v) is 5.66. The zero-order valence-corrected chi connectivity index (χ0v) is 15.1. The van der Waals surface area contributed by atoms with Crippen molar-refractivity contribution in [2.45, 2.75) is 6.92 Å². The Bertz CT molecular complexity index is 926. The van der Waals surface area contributed by atoms with E-state index in [4.69, 9.17) is 15.6 Å². The summed E-state index contributed by atoms with van der Waals surface area (Å²) in [6.45, 7) is 1.48. The minimum absolute atomic E-state index is 0.0416. The second kappa shape index (κ2) is 8.48. The van der Waals surface area contributed by atoms with E-state index in [9.17, 15) is 19.6 Å². The van der Waals surface area contributed by atoms with Crippen molar-refractivity contribution in [2.24, 2.45) is 10.7 Å². The van der Waals surface area contributed by atoms with E-state index in [-0.39, 0.29) is 28.4 Å². The molecule has 0 aliphatic heterocycles. The Morgan fingerprint density at radius 1 is 1.25 bits per heavy atom. The van der Waals surface area contributed by atoms with E-state index in [1.807, 2.05) is 0 Å². The SMILES string of the molecule is COc1cc(C(=O)O)ccc1N[N+](O)(O)/C(=C/N)C(C)=Nc1ccc(F)cc1. The predicted octanol–water partition coefficient (Wildman–Crippen LogP) is 3.05. The molecule has 28 heavy (non-hydrogen) atoms. The minimum atomic E-state index is -1.89. The number of anilines is 1. The van der Waals surface area contributed by atoms with Gasteiger partial charge in [0, 0.05) is 0 Å². The molecule has 9 nitrogen and oxygen atoms in total. The first-order chi connectivity index (χ1) is 13.2. The van der Waals surface area contributed by atoms with Crippen molar-refractivity contribution >= 4 is 23.1 Å². The Labute approximate surface area is 159 Å². The third-order valence-corrected chi connectivity index (χ3v) is 3.71. The lowest BCUT2D eigenvalue weighted by Crippen LogP contribution is -2.48. The Balaban J connectivity index is 2.33. The molecule has 0 aliphatic carbocycles. The average molecular weight is 391 g/mol. The molecule has 0 unspecified atom stereocenters. The Kier molecular flexibility index (Phi) is 6.31. The minimum Gasteiger partial charge on any atom is -0.494 e. The van der Waals surface area contributed by atoms with Gasteiger partial charge in [-0.25, -0.2) is 14.2 Å². The number of halogens is 1. The van der Waals surface area contributed by atoms with Crippen LogP contribution in [-0.2, 0) is 0 Å². The zero-order valence-electron chi connectivity index (χ0n) is 15.1. The molecule has 0 fully saturated rings. The van der Waals surface area contributed by atoms with Crippen LogP contribution in [0.5, 0.6) is 5.75 Å². The van der Waals surface area contributed by atoms with E-state index < -0.39 is 16.7 Å². The summed E-state index contributed by atoms with van der Waals surface area (Å²) in [4.78, 5) is 13.3. The topological polar surface area (TPSA) is 137 Å². The summed E-state index contributed by atoms with van der Waals surface area (Å²) in [6.07, 6.45) is 0.938. The van der Waals surface area contributed by atoms with Crippen molar-refractivity contribution in [3.8, 4) is 5.75 Å². The van der Waals surface area contributed by atoms with Crippen molar-refractivity contribution in [3.63, 3.8) is 0 Å². The highest BCUT2D eigenvalue weighted by molar-refractivity contribution is 5.97. The molecule has 2 rings (SSSR count). The number of allylic oxidation sites excluding steroid dienone is 1. The maximum atomic E-state index is 13.0. The molecule has 2 aromatic carbocycles. The number of carboxylic acids is 1. The van der Waals surface area contributed by atoms with Gasteiger partial charge in [0.15, 0.2) is 0 Å². The van der Waals surface area contributed by atoms with Gasteiger partial charge in [0.05, 0.1) is 29.5 Å². The van der Waals surface area contributed by atoms with Gasteiger partial charge in [-0.15, -0.1) is 10.4 Å². The van der Waals surface area contributed by atoms with Gasteiger partial charge in [0.25, 0.3) is 5.70 Å². The van der Waals surface area contributed by atoms with Crippen LogP contribution in [0.25, 0.3) is 0 Å². The van der Waals surface area contributed by atoms with Gasteiger partial charge < -0.3 is 15.6 Å². The van der Waals surface area contributed by atoms with E-state index in [0.29, 0.717) is 5.69 Å². The maximum Gasteiger partial charge on any atom is 0.335 e. The van der Waals surface area contributed by atoms with Gasteiger partial charge in [-0.3, -0.25) is 0 Å². The molecular formula is C18H20FN4O5+. The highest BCUT2D eigenvalue weighted by Crippen LogP contribution is 2.28. The number of aliphatic imine (C=N–C) groups is 1. The number of nitrogens with one attached hydrogen (secondary N) is 1. The number of carbonyl (C=O) groups is 1. The summed E-state index contributed by atoms with van der Waals surface area (Å²) in [5.74, 6) is -1.53. The van der Waals surface area contributed by atoms with E-state index in [2.05, 4.69) is 10.4 Å². The number of nitrogens with zero attached hydrogens (tertiary/aromatic N) is 2. The van der Waals surface area contributed by atoms with Crippen LogP contribution in [0.2, 0.25) is 0 Å². The predicted molar refractivity (Wildman–Crippen MR) is 98.8 cm³/mol. The van der Waals surface area contributed by atoms with Crippen molar-refractivity contribution in [3.05, 3.63) is 65.7 Å². The Morgan fingerprint density at radius 2 is 1.89 bits per heavy atom. The molecule has 148 valence electrons. The average Bonchev–Trinajstić information content (AvgIpc) is 2.63. The summed E-state index contributed by atoms with van der Waals surface area (Å²) in [5, 5.41) is 29.9. The van der Waals surface area contributed by atoms with Crippen LogP contribution >= 0.6 is 0 Å². The van der Waals surface area contributed by atoms with Crippen LogP contribution in [0, 0.1) is 5.82 Å². The van der Waals surface area contributed by atoms with Crippen LogP contribution in [0.1, 0.15) is 17.3 Å². The fourth-order valence-electron chi connectivity index (χ4n) is 2.36. The van der Waals surface area contributed by atoms with Crippen LogP contribution < -0.4 is 15.9 Å². The molecule has 0 radical (unpaired) electrons. The molecular weight excluding hydrogens is 371 g/mol. The van der Waals surface area contributed by atoms with Gasteiger partial charge in [0.2, 0.25) is 0 Å². The van der Waals surface area contributed by atoms with E-state index in [0.717, 1.165) is 6.20 Å². The van der Waals surface area contributed by atoms with Crippen molar-refractivity contribution in [2.75, 3.05) is 12.5 Å². The van der Waals surface area contributed by atoms with Crippen molar-refractivity contribution in [1.29, 1.82) is 0 Å². The lowest BCUT2D eigenvalue weighted by Gasteiger charge is -2.24. The van der Waals surface area contributed by atoms with Gasteiger partial charge in [-0.1, -0.05) is 0 Å². The first-order valence-corrected chi connectivity index (χ1v) is 7.95. The molecule has 0 amide bonds. The summed E-state index contributed by atoms with van der Waals surface area (Å²) in [7, 11) is 1.30. The van der Waals surface area contributed by atoms with Crippen LogP contribution in [0.4, 0.5) is 15.8 Å². The van der Waals surface area contributed by atoms with Gasteiger partial charge in [0.1, 0.15) is 23.0 Å². The highest BCUT2D eigenvalue weighted by Gasteiger charge is 2.34. The number of aromatic carboxylic acids is 1. The van der Waals surface area contributed by atoms with Gasteiger partial charge in [-0.2, -0.15) is 5.43 Å². The molecule has 0 saturated heterocycles. The molecule has 0 aromatic heterocycles. The van der Waals surface area contributed by atoms with Crippen LogP contribution in [0.3, 0.4) is 0 Å². The highest BCUT2D eigenvalue weighted by atomic mass is 19.1. The summed E-state index contributed by atoms with van der Waals surface area (Å²) in [5.41, 5.74) is 8.24. The maximum absolute atomic E-state index is 13.0. The zero-order chi connectivity index (χ0) is 20.9. The molecule has 0 spiro atoms. The third kappa shape index (κ3) is 4.82. The summed E-state index contributed by atoms with van der Waals surface area (Å²) in [6, 6.07) is 9.04. The largest absolute Gasteiger partial charge is 0.494 e. The molecule has 0 bridgehead atoms. The smallest absolute Gasteiger partial charge is 0.335 e. The third-order valence-electron chi connectivity index (χ3n) is 3.71. The molecule has 0 aliphatic rings. The fraction of sp³-hybridized carbons (Fsp3) is 0.111. The number of carboxylic acid groups (broad SMARTS) is 1. The lowest BCUT2D eigenvalue weighted by atomic mass is 10.2. The summed E-state index contributed by atoms with van der Waals surface area (Å²) >= 11 is 0. The van der Waals surface area contributed by atoms with Crippen LogP contribution in [0.15, 0.2) is 59.4 Å². The van der Waals surface area contributed by atoms with E-state index >= 15 is 0 Å². The fourth-order valence-corrected chi connectivity index (χ4v) is 2.36. The molecule has 6 N–H and O–H groups in total. The number of hydroxylamine groups is 2. The van der Waals surface area contributed by atoms with Gasteiger partial charge in [-0.05, 0) is 49.4 Å². The quantitative estimate of drug-likeness (QED) is 0.278. The van der Waals surface area contributed by atoms with Crippen molar-refractivity contribution < 1.29 is 34.4 Å².